The van der Waals surface area contributed by atoms with Crippen molar-refractivity contribution in [1.82, 2.24) is 5.32 Å². The van der Waals surface area contributed by atoms with Gasteiger partial charge in [-0.05, 0) is 43.2 Å². The average Bonchev–Trinajstić information content (AvgIpc) is 3.03. The Labute approximate surface area is 119 Å². The minimum atomic E-state index is -1.06. The summed E-state index contributed by atoms with van der Waals surface area (Å²) in [7, 11) is 0. The Morgan fingerprint density at radius 1 is 1.50 bits per heavy atom. The minimum Gasteiger partial charge on any atom is -0.480 e. The number of hydrogen-bond acceptors (Lipinski definition) is 4. The third-order valence-electron chi connectivity index (χ3n) is 3.41. The molecule has 3 atom stereocenters. The first-order chi connectivity index (χ1) is 9.25. The van der Waals surface area contributed by atoms with Crippen molar-refractivity contribution in [3.63, 3.8) is 0 Å². The molecular formula is C14H24N2O4. The van der Waals surface area contributed by atoms with Gasteiger partial charge in [-0.3, -0.25) is 0 Å². The lowest BCUT2D eigenvalue weighted by Crippen LogP contribution is -2.49. The van der Waals surface area contributed by atoms with Crippen molar-refractivity contribution in [3.8, 4) is 0 Å². The second-order valence-corrected chi connectivity index (χ2v) is 6.36. The summed E-state index contributed by atoms with van der Waals surface area (Å²) < 4.78 is 5.21. The minimum absolute atomic E-state index is 0.102. The number of carbonyl (C=O) groups is 2. The summed E-state index contributed by atoms with van der Waals surface area (Å²) in [5.74, 6) is -0.702. The van der Waals surface area contributed by atoms with Crippen LogP contribution in [0.4, 0.5) is 4.79 Å². The molecule has 1 amide bonds. The Morgan fingerprint density at radius 2 is 2.15 bits per heavy atom. The van der Waals surface area contributed by atoms with Crippen molar-refractivity contribution in [2.24, 2.45) is 11.3 Å². The molecule has 1 saturated carbocycles. The lowest BCUT2D eigenvalue weighted by molar-refractivity contribution is -0.142. The van der Waals surface area contributed by atoms with Gasteiger partial charge in [-0.1, -0.05) is 20.8 Å². The average molecular weight is 284 g/mol. The van der Waals surface area contributed by atoms with Gasteiger partial charge in [0.05, 0.1) is 0 Å². The normalized spacial score (nSPS) is 22.8. The number of carboxylic acids is 1. The zero-order chi connectivity index (χ0) is 15.3. The summed E-state index contributed by atoms with van der Waals surface area (Å²) in [6.45, 7) is 5.26. The molecule has 0 bridgehead atoms. The second-order valence-electron chi connectivity index (χ2n) is 6.36. The summed E-state index contributed by atoms with van der Waals surface area (Å²) in [6.07, 6.45) is 4.07. The van der Waals surface area contributed by atoms with Crippen LogP contribution in [0.3, 0.4) is 0 Å². The first-order valence-corrected chi connectivity index (χ1v) is 6.94. The van der Waals surface area contributed by atoms with E-state index in [4.69, 9.17) is 15.3 Å². The molecule has 1 rings (SSSR count). The van der Waals surface area contributed by atoms with Crippen LogP contribution < -0.4 is 5.32 Å². The number of hydrogen-bond donors (Lipinski definition) is 3. The molecule has 114 valence electrons. The number of amides is 1. The molecule has 0 spiro atoms. The van der Waals surface area contributed by atoms with Crippen LogP contribution in [-0.2, 0) is 9.53 Å². The summed E-state index contributed by atoms with van der Waals surface area (Å²) in [6, 6.07) is -0.967. The number of nitrogens with one attached hydrogen (secondary N) is 2. The molecule has 1 fully saturated rings. The molecule has 6 heteroatoms. The zero-order valence-electron chi connectivity index (χ0n) is 12.3. The van der Waals surface area contributed by atoms with E-state index in [-0.39, 0.29) is 6.10 Å². The van der Waals surface area contributed by atoms with Crippen molar-refractivity contribution in [2.75, 3.05) is 0 Å². The van der Waals surface area contributed by atoms with E-state index in [0.29, 0.717) is 5.92 Å². The largest absolute Gasteiger partial charge is 0.480 e. The van der Waals surface area contributed by atoms with E-state index in [1.807, 2.05) is 0 Å². The number of carboxylic acid groups (broad SMARTS) is 1. The molecule has 1 aliphatic rings. The fraction of sp³-hybridized carbons (Fsp3) is 0.786. The zero-order valence-corrected chi connectivity index (χ0v) is 12.3. The van der Waals surface area contributed by atoms with Crippen LogP contribution in [0, 0.1) is 16.7 Å². The quantitative estimate of drug-likeness (QED) is 0.493. The van der Waals surface area contributed by atoms with Gasteiger partial charge in [-0.15, -0.1) is 0 Å². The molecular weight excluding hydrogens is 260 g/mol. The number of rotatable bonds is 7. The molecule has 0 aromatic carbocycles. The highest BCUT2D eigenvalue weighted by molar-refractivity contribution is 5.80. The maximum Gasteiger partial charge on any atom is 0.408 e. The number of unbranched alkanes of at least 4 members (excludes halogenated alkanes) is 1. The van der Waals surface area contributed by atoms with Crippen molar-refractivity contribution in [3.05, 3.63) is 0 Å². The molecule has 0 aromatic heterocycles. The van der Waals surface area contributed by atoms with Gasteiger partial charge < -0.3 is 20.6 Å². The molecule has 0 radical (unpaired) electrons. The van der Waals surface area contributed by atoms with Crippen LogP contribution in [-0.4, -0.2) is 35.5 Å². The van der Waals surface area contributed by atoms with E-state index in [1.165, 1.54) is 6.21 Å². The first-order valence-electron chi connectivity index (χ1n) is 6.94. The van der Waals surface area contributed by atoms with Crippen molar-refractivity contribution in [1.29, 1.82) is 5.41 Å². The van der Waals surface area contributed by atoms with E-state index in [0.717, 1.165) is 25.7 Å². The van der Waals surface area contributed by atoms with Crippen molar-refractivity contribution in [2.45, 2.75) is 58.6 Å². The predicted molar refractivity (Wildman–Crippen MR) is 75.0 cm³/mol. The standard InChI is InChI=1S/C14H24N2O4/c1-14(2,3)11(12(17)18)16-13(19)20-10-8-9(10)6-4-5-7-15/h7,9-11,15H,4-6,8H2,1-3H3,(H,16,19)(H,17,18). The Bertz CT molecular complexity index is 376. The Morgan fingerprint density at radius 3 is 2.65 bits per heavy atom. The lowest BCUT2D eigenvalue weighted by atomic mass is 9.87. The maximum absolute atomic E-state index is 11.7. The molecule has 0 aromatic rings. The monoisotopic (exact) mass is 284 g/mol. The van der Waals surface area contributed by atoms with E-state index in [2.05, 4.69) is 5.32 Å². The van der Waals surface area contributed by atoms with Crippen molar-refractivity contribution >= 4 is 18.3 Å². The smallest absolute Gasteiger partial charge is 0.408 e. The third-order valence-corrected chi connectivity index (χ3v) is 3.41. The molecule has 3 unspecified atom stereocenters. The molecule has 1 aliphatic carbocycles. The summed E-state index contributed by atoms with van der Waals surface area (Å²) in [4.78, 5) is 22.8. The molecule has 3 N–H and O–H groups in total. The van der Waals surface area contributed by atoms with Gasteiger partial charge in [0.15, 0.2) is 0 Å². The highest BCUT2D eigenvalue weighted by Gasteiger charge is 2.41. The Hall–Kier alpha value is -1.59. The predicted octanol–water partition coefficient (Wildman–Crippen LogP) is 2.42. The lowest BCUT2D eigenvalue weighted by Gasteiger charge is -2.27. The molecule has 6 nitrogen and oxygen atoms in total. The highest BCUT2D eigenvalue weighted by atomic mass is 16.6. The van der Waals surface area contributed by atoms with Crippen LogP contribution in [0.1, 0.15) is 46.5 Å². The number of carbonyl (C=O) groups excluding carboxylic acids is 1. The topological polar surface area (TPSA) is 99.5 Å². The van der Waals surface area contributed by atoms with Gasteiger partial charge in [0, 0.05) is 0 Å². The second kappa shape index (κ2) is 6.72. The maximum atomic E-state index is 11.7. The fourth-order valence-corrected chi connectivity index (χ4v) is 2.09. The van der Waals surface area contributed by atoms with Gasteiger partial charge >= 0.3 is 12.1 Å². The molecule has 0 aliphatic heterocycles. The van der Waals surface area contributed by atoms with Crippen LogP contribution >= 0.6 is 0 Å². The van der Waals surface area contributed by atoms with E-state index < -0.39 is 23.5 Å². The molecule has 0 heterocycles. The van der Waals surface area contributed by atoms with E-state index in [9.17, 15) is 9.59 Å². The molecule has 0 saturated heterocycles. The van der Waals surface area contributed by atoms with E-state index >= 15 is 0 Å². The van der Waals surface area contributed by atoms with Gasteiger partial charge in [0.25, 0.3) is 0 Å². The van der Waals surface area contributed by atoms with Crippen LogP contribution in [0.5, 0.6) is 0 Å². The SMILES string of the molecule is CC(C)(C)C(NC(=O)OC1CC1CCCC=N)C(=O)O. The van der Waals surface area contributed by atoms with Gasteiger partial charge in [0.1, 0.15) is 12.1 Å². The van der Waals surface area contributed by atoms with Crippen LogP contribution in [0.15, 0.2) is 0 Å². The van der Waals surface area contributed by atoms with Crippen molar-refractivity contribution < 1.29 is 19.4 Å². The van der Waals surface area contributed by atoms with Gasteiger partial charge in [-0.2, -0.15) is 0 Å². The number of alkyl carbamates (subject to hydrolysis) is 1. The summed E-state index contributed by atoms with van der Waals surface area (Å²) in [5.41, 5.74) is -0.572. The molecule has 20 heavy (non-hydrogen) atoms. The summed E-state index contributed by atoms with van der Waals surface area (Å²) >= 11 is 0. The third kappa shape index (κ3) is 5.19. The number of aliphatic carboxylic acids is 1. The highest BCUT2D eigenvalue weighted by Crippen LogP contribution is 2.38. The van der Waals surface area contributed by atoms with Crippen LogP contribution in [0.2, 0.25) is 0 Å². The Balaban J connectivity index is 2.34. The van der Waals surface area contributed by atoms with Gasteiger partial charge in [0.2, 0.25) is 0 Å². The van der Waals surface area contributed by atoms with Gasteiger partial charge in [-0.25, -0.2) is 9.59 Å². The Kier molecular flexibility index (Phi) is 5.53. The number of ether oxygens (including phenoxy) is 1. The fourth-order valence-electron chi connectivity index (χ4n) is 2.09. The first kappa shape index (κ1) is 16.5. The van der Waals surface area contributed by atoms with E-state index in [1.54, 1.807) is 20.8 Å². The van der Waals surface area contributed by atoms with Crippen LogP contribution in [0.25, 0.3) is 0 Å². The summed E-state index contributed by atoms with van der Waals surface area (Å²) in [5, 5.41) is 18.5.